The molecule has 0 aromatic carbocycles. The molecule has 0 saturated heterocycles. The highest BCUT2D eigenvalue weighted by molar-refractivity contribution is 7.84. The monoisotopic (exact) mass is 210 g/mol. The van der Waals surface area contributed by atoms with Crippen LogP contribution in [0.3, 0.4) is 0 Å². The third kappa shape index (κ3) is 1.53. The Bertz CT molecular complexity index is 565. The topological polar surface area (TPSA) is 88.6 Å². The number of rotatable bonds is 1. The lowest BCUT2D eigenvalue weighted by atomic mass is 10.4. The third-order valence-electron chi connectivity index (χ3n) is 1.58. The molecule has 0 radical (unpaired) electrons. The van der Waals surface area contributed by atoms with E-state index in [0.717, 1.165) is 0 Å². The van der Waals surface area contributed by atoms with Gasteiger partial charge in [0.2, 0.25) is 10.7 Å². The van der Waals surface area contributed by atoms with Crippen LogP contribution < -0.4 is 5.56 Å². The molecule has 1 atom stereocenters. The molecule has 6 nitrogen and oxygen atoms in total. The van der Waals surface area contributed by atoms with E-state index in [-0.39, 0.29) is 10.7 Å². The van der Waals surface area contributed by atoms with Gasteiger partial charge in [0.25, 0.3) is 0 Å². The first-order valence-corrected chi connectivity index (χ1v) is 5.30. The summed E-state index contributed by atoms with van der Waals surface area (Å²) in [5, 5.41) is 7.53. The van der Waals surface area contributed by atoms with Gasteiger partial charge in [-0.15, -0.1) is 10.2 Å². The van der Waals surface area contributed by atoms with E-state index in [0.29, 0.717) is 11.2 Å². The molecule has 0 aliphatic rings. The van der Waals surface area contributed by atoms with E-state index in [2.05, 4.69) is 20.2 Å². The van der Waals surface area contributed by atoms with Crippen LogP contribution in [0.1, 0.15) is 0 Å². The van der Waals surface area contributed by atoms with E-state index < -0.39 is 10.8 Å². The Kier molecular flexibility index (Phi) is 2.08. The van der Waals surface area contributed by atoms with Crippen LogP contribution in [0.2, 0.25) is 0 Å². The molecule has 0 aliphatic heterocycles. The molecule has 1 N–H and O–H groups in total. The smallest absolute Gasteiger partial charge is 0.249 e. The highest BCUT2D eigenvalue weighted by Crippen LogP contribution is 2.02. The van der Waals surface area contributed by atoms with E-state index in [1.807, 2.05) is 0 Å². The summed E-state index contributed by atoms with van der Waals surface area (Å²) in [6.07, 6.45) is 1.45. The standard InChI is InChI=1S/C7H6N4O2S/c1-14(13)7-9-6-4(10-11-7)2-3-5(12)8-6/h2-3H,1H3,(H,8,9,11,12). The highest BCUT2D eigenvalue weighted by Gasteiger charge is 2.04. The molecule has 0 fully saturated rings. The van der Waals surface area contributed by atoms with Gasteiger partial charge in [-0.1, -0.05) is 0 Å². The summed E-state index contributed by atoms with van der Waals surface area (Å²) in [5.74, 6) is 0. The Balaban J connectivity index is 2.75. The van der Waals surface area contributed by atoms with Gasteiger partial charge in [0.05, 0.1) is 10.8 Å². The van der Waals surface area contributed by atoms with Gasteiger partial charge in [-0.3, -0.25) is 9.00 Å². The minimum atomic E-state index is -1.30. The molecule has 0 amide bonds. The molecule has 72 valence electrons. The number of hydrogen-bond acceptors (Lipinski definition) is 5. The lowest BCUT2D eigenvalue weighted by Gasteiger charge is -1.96. The highest BCUT2D eigenvalue weighted by atomic mass is 32.2. The van der Waals surface area contributed by atoms with Crippen LogP contribution in [0, 0.1) is 0 Å². The van der Waals surface area contributed by atoms with Gasteiger partial charge < -0.3 is 4.98 Å². The first kappa shape index (κ1) is 8.95. The maximum Gasteiger partial charge on any atom is 0.249 e. The van der Waals surface area contributed by atoms with Crippen molar-refractivity contribution in [1.82, 2.24) is 20.2 Å². The normalized spacial score (nSPS) is 12.9. The summed E-state index contributed by atoms with van der Waals surface area (Å²) in [6, 6.07) is 2.85. The predicted octanol–water partition coefficient (Wildman–Crippen LogP) is -0.550. The molecule has 2 rings (SSSR count). The van der Waals surface area contributed by atoms with Crippen molar-refractivity contribution in [3.8, 4) is 0 Å². The molecule has 1 unspecified atom stereocenters. The fourth-order valence-electron chi connectivity index (χ4n) is 0.958. The van der Waals surface area contributed by atoms with E-state index in [1.54, 1.807) is 0 Å². The Morgan fingerprint density at radius 2 is 2.14 bits per heavy atom. The number of H-pyrrole nitrogens is 1. The van der Waals surface area contributed by atoms with E-state index >= 15 is 0 Å². The van der Waals surface area contributed by atoms with Crippen LogP contribution in [0.15, 0.2) is 22.1 Å². The van der Waals surface area contributed by atoms with E-state index in [9.17, 15) is 9.00 Å². The van der Waals surface area contributed by atoms with Gasteiger partial charge in [-0.2, -0.15) is 4.98 Å². The van der Waals surface area contributed by atoms with Crippen LogP contribution >= 0.6 is 0 Å². The molecule has 2 aromatic rings. The number of nitrogens with zero attached hydrogens (tertiary/aromatic N) is 3. The van der Waals surface area contributed by atoms with E-state index in [4.69, 9.17) is 0 Å². The van der Waals surface area contributed by atoms with Crippen molar-refractivity contribution in [2.45, 2.75) is 5.16 Å². The Labute approximate surface area is 80.9 Å². The molecule has 2 heterocycles. The zero-order chi connectivity index (χ0) is 10.1. The second kappa shape index (κ2) is 3.26. The zero-order valence-corrected chi connectivity index (χ0v) is 8.04. The van der Waals surface area contributed by atoms with Gasteiger partial charge >= 0.3 is 0 Å². The van der Waals surface area contributed by atoms with Gasteiger partial charge in [0.1, 0.15) is 5.52 Å². The van der Waals surface area contributed by atoms with Crippen LogP contribution in [0.25, 0.3) is 11.2 Å². The van der Waals surface area contributed by atoms with Crippen LogP contribution in [0.5, 0.6) is 0 Å². The van der Waals surface area contributed by atoms with Crippen LogP contribution in [-0.2, 0) is 10.8 Å². The van der Waals surface area contributed by atoms with Crippen molar-refractivity contribution in [1.29, 1.82) is 0 Å². The lowest BCUT2D eigenvalue weighted by Crippen LogP contribution is -2.07. The van der Waals surface area contributed by atoms with E-state index in [1.165, 1.54) is 18.4 Å². The average Bonchev–Trinajstić information content (AvgIpc) is 2.16. The first-order chi connectivity index (χ1) is 6.66. The summed E-state index contributed by atoms with van der Waals surface area (Å²) in [7, 11) is -1.30. The Hall–Kier alpha value is -1.63. The molecule has 14 heavy (non-hydrogen) atoms. The van der Waals surface area contributed by atoms with Gasteiger partial charge in [0.15, 0.2) is 5.65 Å². The minimum absolute atomic E-state index is 0.111. The molecular weight excluding hydrogens is 204 g/mol. The molecule has 2 aromatic heterocycles. The maximum absolute atomic E-state index is 11.0. The quantitative estimate of drug-likeness (QED) is 0.682. The first-order valence-electron chi connectivity index (χ1n) is 3.74. The van der Waals surface area contributed by atoms with Gasteiger partial charge in [0, 0.05) is 12.3 Å². The fraction of sp³-hybridized carbons (Fsp3) is 0.143. The second-order valence-corrected chi connectivity index (χ2v) is 3.88. The number of pyridine rings is 1. The van der Waals surface area contributed by atoms with Crippen LogP contribution in [0.4, 0.5) is 0 Å². The molecule has 7 heteroatoms. The maximum atomic E-state index is 11.0. The van der Waals surface area contributed by atoms with Crippen molar-refractivity contribution in [3.63, 3.8) is 0 Å². The van der Waals surface area contributed by atoms with Crippen molar-refractivity contribution < 1.29 is 4.21 Å². The summed E-state index contributed by atoms with van der Waals surface area (Å²) < 4.78 is 11.0. The van der Waals surface area contributed by atoms with Crippen molar-refractivity contribution in [2.24, 2.45) is 0 Å². The second-order valence-electron chi connectivity index (χ2n) is 2.60. The number of hydrogen-bond donors (Lipinski definition) is 1. The van der Waals surface area contributed by atoms with Crippen LogP contribution in [-0.4, -0.2) is 30.6 Å². The molecular formula is C7H6N4O2S. The van der Waals surface area contributed by atoms with Gasteiger partial charge in [-0.25, -0.2) is 0 Å². The summed E-state index contributed by atoms with van der Waals surface area (Å²) in [4.78, 5) is 17.3. The SMILES string of the molecule is CS(=O)c1nnc2ccc(=O)[nH]c2n1. The molecule has 0 spiro atoms. The fourth-order valence-corrected chi connectivity index (χ4v) is 1.33. The lowest BCUT2D eigenvalue weighted by molar-refractivity contribution is 0.676. The zero-order valence-electron chi connectivity index (χ0n) is 7.22. The number of aromatic nitrogens is 4. The van der Waals surface area contributed by atoms with Crippen molar-refractivity contribution in [3.05, 3.63) is 22.5 Å². The summed E-state index contributed by atoms with van der Waals surface area (Å²) in [5.41, 5.74) is 0.502. The molecule has 0 bridgehead atoms. The average molecular weight is 210 g/mol. The number of fused-ring (bicyclic) bond motifs is 1. The molecule has 0 aliphatic carbocycles. The number of nitrogens with one attached hydrogen (secondary N) is 1. The predicted molar refractivity (Wildman–Crippen MR) is 50.3 cm³/mol. The summed E-state index contributed by atoms with van der Waals surface area (Å²) in [6.45, 7) is 0. The Morgan fingerprint density at radius 1 is 1.36 bits per heavy atom. The number of aromatic amines is 1. The third-order valence-corrected chi connectivity index (χ3v) is 2.27. The molecule has 0 saturated carbocycles. The largest absolute Gasteiger partial charge is 0.305 e. The van der Waals surface area contributed by atoms with Crippen molar-refractivity contribution in [2.75, 3.05) is 6.26 Å². The summed E-state index contributed by atoms with van der Waals surface area (Å²) >= 11 is 0. The van der Waals surface area contributed by atoms with Crippen molar-refractivity contribution >= 4 is 22.0 Å². The Morgan fingerprint density at radius 3 is 2.86 bits per heavy atom. The minimum Gasteiger partial charge on any atom is -0.305 e. The van der Waals surface area contributed by atoms with Gasteiger partial charge in [-0.05, 0) is 6.07 Å².